The Labute approximate surface area is 198 Å². The van der Waals surface area contributed by atoms with Crippen molar-refractivity contribution in [3.63, 3.8) is 0 Å². The number of anilines is 2. The molecule has 2 aromatic heterocycles. The van der Waals surface area contributed by atoms with Crippen molar-refractivity contribution in [2.45, 2.75) is 18.4 Å². The largest absolute Gasteiger partial charge is 0.495 e. The highest BCUT2D eigenvalue weighted by Crippen LogP contribution is 2.37. The number of hydrogen-bond donors (Lipinski definition) is 2. The van der Waals surface area contributed by atoms with Crippen LogP contribution >= 0.6 is 34.7 Å². The molecule has 3 N–H and O–H groups in total. The lowest BCUT2D eigenvalue weighted by molar-refractivity contribution is -0.115. The van der Waals surface area contributed by atoms with E-state index < -0.39 is 0 Å². The van der Waals surface area contributed by atoms with Crippen molar-refractivity contribution in [2.75, 3.05) is 23.9 Å². The average molecular weight is 484 g/mol. The number of nitrogens with two attached hydrogens (primary N) is 1. The van der Waals surface area contributed by atoms with Crippen LogP contribution in [0.3, 0.4) is 0 Å². The molecule has 3 rings (SSSR count). The minimum Gasteiger partial charge on any atom is -0.495 e. The zero-order chi connectivity index (χ0) is 23.3. The number of amides is 1. The third kappa shape index (κ3) is 4.97. The molecule has 7 nitrogen and oxygen atoms in total. The average Bonchev–Trinajstić information content (AvgIpc) is 3.30. The van der Waals surface area contributed by atoms with Crippen molar-refractivity contribution in [1.82, 2.24) is 4.98 Å². The fourth-order valence-electron chi connectivity index (χ4n) is 2.98. The molecule has 1 aromatic carbocycles. The quantitative estimate of drug-likeness (QED) is 0.441. The van der Waals surface area contributed by atoms with Gasteiger partial charge in [-0.25, -0.2) is 4.98 Å². The molecule has 1 amide bonds. The minimum atomic E-state index is -0.226. The van der Waals surface area contributed by atoms with Gasteiger partial charge in [0.2, 0.25) is 5.91 Å². The predicted molar refractivity (Wildman–Crippen MR) is 128 cm³/mol. The third-order valence-electron chi connectivity index (χ3n) is 4.55. The number of pyridine rings is 1. The zero-order valence-corrected chi connectivity index (χ0v) is 19.6. The maximum atomic E-state index is 12.5. The van der Waals surface area contributed by atoms with Crippen LogP contribution in [0.2, 0.25) is 5.02 Å². The van der Waals surface area contributed by atoms with Crippen molar-refractivity contribution >= 4 is 52.1 Å². The van der Waals surface area contributed by atoms with Crippen LogP contribution in [0, 0.1) is 29.6 Å². The molecule has 3 aromatic rings. The number of carbonyl (C=O) groups excluding carboxylic acids is 1. The molecule has 0 radical (unpaired) electrons. The highest BCUT2D eigenvalue weighted by molar-refractivity contribution is 7.99. The van der Waals surface area contributed by atoms with Gasteiger partial charge in [0, 0.05) is 28.8 Å². The second kappa shape index (κ2) is 10.4. The van der Waals surface area contributed by atoms with E-state index >= 15 is 0 Å². The number of nitrogens with zero attached hydrogens (tertiary/aromatic N) is 3. The first-order valence-electron chi connectivity index (χ1n) is 9.32. The topological polar surface area (TPSA) is 125 Å². The maximum Gasteiger partial charge on any atom is 0.225 e. The van der Waals surface area contributed by atoms with Crippen molar-refractivity contribution in [1.29, 1.82) is 10.5 Å². The Morgan fingerprint density at radius 1 is 1.34 bits per heavy atom. The number of aromatic nitrogens is 1. The fourth-order valence-corrected chi connectivity index (χ4v) is 4.72. The molecule has 32 heavy (non-hydrogen) atoms. The van der Waals surface area contributed by atoms with Gasteiger partial charge >= 0.3 is 0 Å². The summed E-state index contributed by atoms with van der Waals surface area (Å²) in [6, 6.07) is 9.41. The van der Waals surface area contributed by atoms with Crippen LogP contribution < -0.4 is 15.8 Å². The molecule has 0 aliphatic rings. The minimum absolute atomic E-state index is 0.0565. The Hall–Kier alpha value is -3.24. The summed E-state index contributed by atoms with van der Waals surface area (Å²) in [6.07, 6.45) is 0.162. The van der Waals surface area contributed by atoms with E-state index in [1.807, 2.05) is 29.8 Å². The van der Waals surface area contributed by atoms with Gasteiger partial charge in [-0.2, -0.15) is 21.9 Å². The van der Waals surface area contributed by atoms with Crippen LogP contribution in [-0.2, 0) is 4.79 Å². The van der Waals surface area contributed by atoms with E-state index in [9.17, 15) is 15.3 Å². The van der Waals surface area contributed by atoms with Crippen LogP contribution in [-0.4, -0.2) is 23.8 Å². The maximum absolute atomic E-state index is 12.5. The third-order valence-corrected chi connectivity index (χ3v) is 6.62. The lowest BCUT2D eigenvalue weighted by atomic mass is 9.99. The van der Waals surface area contributed by atoms with Crippen molar-refractivity contribution in [2.24, 2.45) is 0 Å². The SMILES string of the molecule is COc1cc(Cl)c(C)cc1NC(=O)CCSc1nc(N)c(C#N)c(-c2ccsc2)c1C#N. The first-order valence-corrected chi connectivity index (χ1v) is 11.6. The number of aryl methyl sites for hydroxylation is 1. The molecule has 162 valence electrons. The normalized spacial score (nSPS) is 10.3. The fraction of sp³-hybridized carbons (Fsp3) is 0.182. The Bertz CT molecular complexity index is 1250. The molecule has 0 bridgehead atoms. The predicted octanol–water partition coefficient (Wildman–Crippen LogP) is 5.23. The standard InChI is InChI=1S/C22H18ClN5O2S2/c1-12-7-17(18(30-2)8-16(12)23)27-19(29)4-6-32-22-15(10-25)20(13-3-5-31-11-13)14(9-24)21(26)28-22/h3,5,7-8,11H,4,6H2,1-2H3,(H2,26,28)(H,27,29). The van der Waals surface area contributed by atoms with Gasteiger partial charge in [-0.15, -0.1) is 11.8 Å². The summed E-state index contributed by atoms with van der Waals surface area (Å²) in [5.41, 5.74) is 9.00. The number of nitrogens with one attached hydrogen (secondary N) is 1. The number of nitrogen functional groups attached to an aromatic ring is 1. The first kappa shape index (κ1) is 23.4. The number of benzene rings is 1. The van der Waals surface area contributed by atoms with E-state index in [0.717, 1.165) is 11.1 Å². The summed E-state index contributed by atoms with van der Waals surface area (Å²) in [5, 5.41) is 26.7. The monoisotopic (exact) mass is 483 g/mol. The lowest BCUT2D eigenvalue weighted by Gasteiger charge is -2.13. The van der Waals surface area contributed by atoms with Crippen LogP contribution in [0.15, 0.2) is 34.0 Å². The number of ether oxygens (including phenoxy) is 1. The highest BCUT2D eigenvalue weighted by atomic mass is 35.5. The van der Waals surface area contributed by atoms with Gasteiger partial charge in [0.05, 0.1) is 18.4 Å². The van der Waals surface area contributed by atoms with E-state index in [0.29, 0.717) is 32.8 Å². The number of hydrogen-bond acceptors (Lipinski definition) is 8. The summed E-state index contributed by atoms with van der Waals surface area (Å²) < 4.78 is 5.28. The van der Waals surface area contributed by atoms with Crippen LogP contribution in [0.1, 0.15) is 23.1 Å². The van der Waals surface area contributed by atoms with Crippen LogP contribution in [0.5, 0.6) is 5.75 Å². The van der Waals surface area contributed by atoms with Crippen LogP contribution in [0.25, 0.3) is 11.1 Å². The summed E-state index contributed by atoms with van der Waals surface area (Å²) in [6.45, 7) is 1.84. The molecule has 0 spiro atoms. The summed E-state index contributed by atoms with van der Waals surface area (Å²) >= 11 is 8.80. The lowest BCUT2D eigenvalue weighted by Crippen LogP contribution is -2.13. The molecule has 0 fully saturated rings. The first-order chi connectivity index (χ1) is 15.4. The summed E-state index contributed by atoms with van der Waals surface area (Å²) in [4.78, 5) is 16.7. The van der Waals surface area contributed by atoms with Gasteiger partial charge in [0.25, 0.3) is 0 Å². The van der Waals surface area contributed by atoms with Gasteiger partial charge in [-0.05, 0) is 40.9 Å². The number of nitriles is 2. The van der Waals surface area contributed by atoms with Gasteiger partial charge in [-0.1, -0.05) is 11.6 Å². The molecule has 0 saturated heterocycles. The molecule has 0 aliphatic heterocycles. The highest BCUT2D eigenvalue weighted by Gasteiger charge is 2.21. The van der Waals surface area contributed by atoms with E-state index in [-0.39, 0.29) is 29.3 Å². The molecule has 0 aliphatic carbocycles. The Balaban J connectivity index is 1.77. The molecule has 2 heterocycles. The zero-order valence-electron chi connectivity index (χ0n) is 17.2. The molecule has 0 unspecified atom stereocenters. The molecule has 0 saturated carbocycles. The van der Waals surface area contributed by atoms with E-state index in [4.69, 9.17) is 22.1 Å². The van der Waals surface area contributed by atoms with Crippen LogP contribution in [0.4, 0.5) is 11.5 Å². The second-order valence-corrected chi connectivity index (χ2v) is 8.88. The Morgan fingerprint density at radius 2 is 2.09 bits per heavy atom. The van der Waals surface area contributed by atoms with E-state index in [1.54, 1.807) is 12.1 Å². The Kier molecular flexibility index (Phi) is 7.60. The summed E-state index contributed by atoms with van der Waals surface area (Å²) in [5.74, 6) is 0.656. The van der Waals surface area contributed by atoms with Gasteiger partial charge in [0.15, 0.2) is 0 Å². The van der Waals surface area contributed by atoms with Gasteiger partial charge in [-0.3, -0.25) is 4.79 Å². The molecule has 0 atom stereocenters. The molecular weight excluding hydrogens is 466 g/mol. The van der Waals surface area contributed by atoms with Gasteiger partial charge < -0.3 is 15.8 Å². The van der Waals surface area contributed by atoms with Crippen molar-refractivity contribution in [3.8, 4) is 29.0 Å². The smallest absolute Gasteiger partial charge is 0.225 e. The number of halogens is 1. The number of thiophene rings is 1. The molecule has 10 heteroatoms. The van der Waals surface area contributed by atoms with Crippen molar-refractivity contribution < 1.29 is 9.53 Å². The number of thioether (sulfide) groups is 1. The summed E-state index contributed by atoms with van der Waals surface area (Å²) in [7, 11) is 1.50. The number of carbonyl (C=O) groups is 1. The molecular formula is C22H18ClN5O2S2. The van der Waals surface area contributed by atoms with E-state index in [2.05, 4.69) is 16.4 Å². The Morgan fingerprint density at radius 3 is 2.72 bits per heavy atom. The van der Waals surface area contributed by atoms with Gasteiger partial charge in [0.1, 0.15) is 34.3 Å². The van der Waals surface area contributed by atoms with Crippen molar-refractivity contribution in [3.05, 3.63) is 50.7 Å². The number of rotatable bonds is 7. The second-order valence-electron chi connectivity index (χ2n) is 6.61. The number of methoxy groups -OCH3 is 1. The van der Waals surface area contributed by atoms with E-state index in [1.165, 1.54) is 30.2 Å².